The fourth-order valence-electron chi connectivity index (χ4n) is 0.489. The zero-order valence-electron chi connectivity index (χ0n) is 8.00. The molecule has 0 unspecified atom stereocenters. The molecule has 1 aliphatic carbocycles. The summed E-state index contributed by atoms with van der Waals surface area (Å²) in [6.07, 6.45) is 2.33. The van der Waals surface area contributed by atoms with Crippen LogP contribution < -0.4 is 0 Å². The van der Waals surface area contributed by atoms with Gasteiger partial charge >= 0.3 is 0 Å². The summed E-state index contributed by atoms with van der Waals surface area (Å²) in [6, 6.07) is 0. The second-order valence-corrected chi connectivity index (χ2v) is 2.00. The van der Waals surface area contributed by atoms with E-state index in [9.17, 15) is 4.39 Å². The van der Waals surface area contributed by atoms with Crippen molar-refractivity contribution in [1.29, 1.82) is 0 Å². The summed E-state index contributed by atoms with van der Waals surface area (Å²) in [5.41, 5.74) is -0.708. The van der Waals surface area contributed by atoms with Gasteiger partial charge in [0.15, 0.2) is 0 Å². The third-order valence-corrected chi connectivity index (χ3v) is 1.43. The molecule has 0 bridgehead atoms. The van der Waals surface area contributed by atoms with E-state index in [1.807, 2.05) is 34.6 Å². The maximum absolute atomic E-state index is 12.2. The average molecular weight is 148 g/mol. The van der Waals surface area contributed by atoms with E-state index >= 15 is 0 Å². The van der Waals surface area contributed by atoms with Crippen LogP contribution in [0, 0.1) is 0 Å². The highest BCUT2D eigenvalue weighted by molar-refractivity contribution is 4.91. The summed E-state index contributed by atoms with van der Waals surface area (Å²) >= 11 is 0. The first-order valence-electron chi connectivity index (χ1n) is 4.46. The first-order valence-corrected chi connectivity index (χ1v) is 4.46. The molecule has 0 spiro atoms. The van der Waals surface area contributed by atoms with Gasteiger partial charge in [-0.2, -0.15) is 0 Å². The summed E-state index contributed by atoms with van der Waals surface area (Å²) in [4.78, 5) is 0. The largest absolute Gasteiger partial charge is 0.244 e. The van der Waals surface area contributed by atoms with Gasteiger partial charge in [0.2, 0.25) is 0 Å². The molecule has 0 heterocycles. The third kappa shape index (κ3) is 6.06. The van der Waals surface area contributed by atoms with Crippen LogP contribution in [0.5, 0.6) is 0 Å². The number of hydrogen-bond donors (Lipinski definition) is 0. The van der Waals surface area contributed by atoms with Gasteiger partial charge in [-0.15, -0.1) is 0 Å². The Morgan fingerprint density at radius 1 is 1.10 bits per heavy atom. The van der Waals surface area contributed by atoms with E-state index in [1.165, 1.54) is 0 Å². The first kappa shape index (κ1) is 12.6. The molecule has 1 aliphatic rings. The van der Waals surface area contributed by atoms with E-state index in [0.717, 1.165) is 12.8 Å². The maximum atomic E-state index is 12.2. The van der Waals surface area contributed by atoms with Crippen LogP contribution in [-0.2, 0) is 0 Å². The Labute approximate surface area is 64.8 Å². The van der Waals surface area contributed by atoms with Crippen LogP contribution in [0.3, 0.4) is 0 Å². The second kappa shape index (κ2) is 7.04. The van der Waals surface area contributed by atoms with Crippen LogP contribution in [0.1, 0.15) is 53.9 Å². The molecule has 1 rings (SSSR count). The topological polar surface area (TPSA) is 0 Å². The Kier molecular flexibility index (Phi) is 8.87. The summed E-state index contributed by atoms with van der Waals surface area (Å²) in [5, 5.41) is 0. The molecule has 0 aliphatic heterocycles. The fourth-order valence-corrected chi connectivity index (χ4v) is 0.489. The van der Waals surface area contributed by atoms with Gasteiger partial charge in [0.05, 0.1) is 0 Å². The highest BCUT2D eigenvalue weighted by atomic mass is 19.1. The molecule has 0 saturated heterocycles. The lowest BCUT2D eigenvalue weighted by Gasteiger charge is -1.91. The molecular weight excluding hydrogens is 127 g/mol. The number of halogens is 1. The number of alkyl halides is 1. The van der Waals surface area contributed by atoms with Crippen molar-refractivity contribution in [2.24, 2.45) is 0 Å². The Morgan fingerprint density at radius 3 is 1.40 bits per heavy atom. The molecule has 10 heavy (non-hydrogen) atoms. The van der Waals surface area contributed by atoms with Crippen LogP contribution in [0.4, 0.5) is 4.39 Å². The van der Waals surface area contributed by atoms with Crippen molar-refractivity contribution in [3.63, 3.8) is 0 Å². The standard InChI is InChI=1S/C5H9F.2C2H6/c1-2-5(6)3-4-5;2*1-2/h2-4H2,1H3;2*1-2H3. The minimum Gasteiger partial charge on any atom is -0.244 e. The molecule has 1 fully saturated rings. The smallest absolute Gasteiger partial charge is 0.111 e. The fraction of sp³-hybridized carbons (Fsp3) is 1.00. The van der Waals surface area contributed by atoms with Crippen molar-refractivity contribution in [2.75, 3.05) is 0 Å². The van der Waals surface area contributed by atoms with Crippen molar-refractivity contribution >= 4 is 0 Å². The lowest BCUT2D eigenvalue weighted by atomic mass is 10.3. The molecule has 0 amide bonds. The van der Waals surface area contributed by atoms with E-state index in [1.54, 1.807) is 0 Å². The van der Waals surface area contributed by atoms with Crippen LogP contribution in [0.2, 0.25) is 0 Å². The Balaban J connectivity index is 0. The van der Waals surface area contributed by atoms with Gasteiger partial charge in [-0.3, -0.25) is 0 Å². The summed E-state index contributed by atoms with van der Waals surface area (Å²) in [7, 11) is 0. The quantitative estimate of drug-likeness (QED) is 0.528. The highest BCUT2D eigenvalue weighted by Gasteiger charge is 2.40. The van der Waals surface area contributed by atoms with Crippen molar-refractivity contribution in [2.45, 2.75) is 59.5 Å². The third-order valence-electron chi connectivity index (χ3n) is 1.43. The van der Waals surface area contributed by atoms with E-state index in [2.05, 4.69) is 0 Å². The lowest BCUT2D eigenvalue weighted by molar-refractivity contribution is 0.300. The Bertz CT molecular complexity index is 55.7. The van der Waals surface area contributed by atoms with E-state index in [0.29, 0.717) is 6.42 Å². The average Bonchev–Trinajstić information content (AvgIpc) is 2.77. The lowest BCUT2D eigenvalue weighted by Crippen LogP contribution is -1.92. The zero-order valence-corrected chi connectivity index (χ0v) is 8.00. The van der Waals surface area contributed by atoms with Crippen molar-refractivity contribution in [3.8, 4) is 0 Å². The predicted molar refractivity (Wildman–Crippen MR) is 46.1 cm³/mol. The molecule has 0 atom stereocenters. The van der Waals surface area contributed by atoms with E-state index in [4.69, 9.17) is 0 Å². The molecule has 0 radical (unpaired) electrons. The molecule has 1 saturated carbocycles. The second-order valence-electron chi connectivity index (χ2n) is 2.00. The number of hydrogen-bond acceptors (Lipinski definition) is 0. The first-order chi connectivity index (χ1) is 4.77. The molecule has 0 N–H and O–H groups in total. The van der Waals surface area contributed by atoms with Gasteiger partial charge in [-0.1, -0.05) is 34.6 Å². The van der Waals surface area contributed by atoms with Crippen LogP contribution in [-0.4, -0.2) is 5.67 Å². The summed E-state index contributed by atoms with van der Waals surface area (Å²) in [5.74, 6) is 0. The summed E-state index contributed by atoms with van der Waals surface area (Å²) < 4.78 is 12.2. The molecule has 0 aromatic rings. The SMILES string of the molecule is CC.CC.CCC1(F)CC1. The Hall–Kier alpha value is -0.0700. The summed E-state index contributed by atoms with van der Waals surface area (Å²) in [6.45, 7) is 9.90. The molecule has 64 valence electrons. The van der Waals surface area contributed by atoms with Gasteiger partial charge in [-0.05, 0) is 19.3 Å². The molecule has 0 nitrogen and oxygen atoms in total. The van der Waals surface area contributed by atoms with Crippen molar-refractivity contribution < 1.29 is 4.39 Å². The van der Waals surface area contributed by atoms with Gasteiger partial charge < -0.3 is 0 Å². The van der Waals surface area contributed by atoms with Gasteiger partial charge in [0, 0.05) is 0 Å². The van der Waals surface area contributed by atoms with Crippen molar-refractivity contribution in [1.82, 2.24) is 0 Å². The molecule has 1 heteroatoms. The van der Waals surface area contributed by atoms with Gasteiger partial charge in [0.25, 0.3) is 0 Å². The minimum absolute atomic E-state index is 0.708. The van der Waals surface area contributed by atoms with Gasteiger partial charge in [-0.25, -0.2) is 4.39 Å². The van der Waals surface area contributed by atoms with Crippen molar-refractivity contribution in [3.05, 3.63) is 0 Å². The van der Waals surface area contributed by atoms with Crippen LogP contribution in [0.15, 0.2) is 0 Å². The molecular formula is C9H21F. The Morgan fingerprint density at radius 2 is 1.40 bits per heavy atom. The zero-order chi connectivity index (χ0) is 8.62. The van der Waals surface area contributed by atoms with E-state index < -0.39 is 5.67 Å². The highest BCUT2D eigenvalue weighted by Crippen LogP contribution is 2.42. The molecule has 0 aromatic carbocycles. The molecule has 0 aromatic heterocycles. The number of rotatable bonds is 1. The predicted octanol–water partition coefficient (Wildman–Crippen LogP) is 3.95. The monoisotopic (exact) mass is 148 g/mol. The maximum Gasteiger partial charge on any atom is 0.111 e. The normalized spacial score (nSPS) is 17.4. The van der Waals surface area contributed by atoms with E-state index in [-0.39, 0.29) is 0 Å². The van der Waals surface area contributed by atoms with Gasteiger partial charge in [0.1, 0.15) is 5.67 Å². The van der Waals surface area contributed by atoms with Crippen LogP contribution >= 0.6 is 0 Å². The minimum atomic E-state index is -0.708. The van der Waals surface area contributed by atoms with Crippen LogP contribution in [0.25, 0.3) is 0 Å².